The Morgan fingerprint density at radius 3 is 1.52 bits per heavy atom. The first-order valence-electron chi connectivity index (χ1n) is 7.49. The minimum atomic E-state index is -0.0928. The molecule has 3 N–H and O–H groups in total. The van der Waals surface area contributed by atoms with Gasteiger partial charge in [-0.3, -0.25) is 9.59 Å². The van der Waals surface area contributed by atoms with Crippen molar-refractivity contribution in [1.82, 2.24) is 0 Å². The van der Waals surface area contributed by atoms with Crippen LogP contribution in [0.1, 0.15) is 20.8 Å². The van der Waals surface area contributed by atoms with Crippen LogP contribution in [0.4, 0.5) is 22.7 Å². The molecule has 5 heteroatoms. The first kappa shape index (κ1) is 16.5. The average Bonchev–Trinajstić information content (AvgIpc) is 2.50. The Morgan fingerprint density at radius 2 is 1.13 bits per heavy atom. The van der Waals surface area contributed by atoms with Gasteiger partial charge in [-0.15, -0.1) is 0 Å². The number of nitrogens with one attached hydrogen (secondary N) is 3. The van der Waals surface area contributed by atoms with E-state index < -0.39 is 0 Å². The summed E-state index contributed by atoms with van der Waals surface area (Å²) in [5.74, 6) is -0.140. The van der Waals surface area contributed by atoms with E-state index in [-0.39, 0.29) is 17.7 Å². The van der Waals surface area contributed by atoms with Crippen LogP contribution >= 0.6 is 0 Å². The van der Waals surface area contributed by atoms with Crippen LogP contribution in [0.3, 0.4) is 0 Å². The smallest absolute Gasteiger partial charge is 0.226 e. The molecule has 23 heavy (non-hydrogen) atoms. The summed E-state index contributed by atoms with van der Waals surface area (Å²) in [4.78, 5) is 22.6. The molecule has 120 valence electrons. The highest BCUT2D eigenvalue weighted by molar-refractivity contribution is 5.92. The molecule has 5 nitrogen and oxygen atoms in total. The Labute approximate surface area is 136 Å². The van der Waals surface area contributed by atoms with Gasteiger partial charge in [0.25, 0.3) is 0 Å². The van der Waals surface area contributed by atoms with Gasteiger partial charge in [-0.2, -0.15) is 0 Å². The van der Waals surface area contributed by atoms with Crippen molar-refractivity contribution in [2.45, 2.75) is 20.8 Å². The van der Waals surface area contributed by atoms with E-state index in [0.717, 1.165) is 22.7 Å². The van der Waals surface area contributed by atoms with Crippen LogP contribution in [0.5, 0.6) is 0 Å². The van der Waals surface area contributed by atoms with E-state index in [1.165, 1.54) is 6.92 Å². The first-order chi connectivity index (χ1) is 10.9. The molecular formula is C18H21N3O2. The summed E-state index contributed by atoms with van der Waals surface area (Å²) >= 11 is 0. The van der Waals surface area contributed by atoms with Crippen molar-refractivity contribution in [2.75, 3.05) is 16.0 Å². The summed E-state index contributed by atoms with van der Waals surface area (Å²) in [6.07, 6.45) is 0. The summed E-state index contributed by atoms with van der Waals surface area (Å²) in [6.45, 7) is 5.19. The number of carbonyl (C=O) groups excluding carboxylic acids is 2. The summed E-state index contributed by atoms with van der Waals surface area (Å²) in [5.41, 5.74) is 3.36. The third kappa shape index (κ3) is 5.14. The molecule has 2 rings (SSSR count). The van der Waals surface area contributed by atoms with Crippen LogP contribution in [0.15, 0.2) is 48.5 Å². The number of hydrogen-bond donors (Lipinski definition) is 3. The molecular weight excluding hydrogens is 290 g/mol. The van der Waals surface area contributed by atoms with Crippen LogP contribution in [-0.2, 0) is 9.59 Å². The molecule has 0 saturated heterocycles. The fraction of sp³-hybridized carbons (Fsp3) is 0.222. The largest absolute Gasteiger partial charge is 0.356 e. The number of rotatable bonds is 5. The Balaban J connectivity index is 1.98. The first-order valence-corrected chi connectivity index (χ1v) is 7.49. The van der Waals surface area contributed by atoms with Gasteiger partial charge in [0.1, 0.15) is 0 Å². The van der Waals surface area contributed by atoms with E-state index in [9.17, 15) is 9.59 Å². The fourth-order valence-corrected chi connectivity index (χ4v) is 1.93. The van der Waals surface area contributed by atoms with Gasteiger partial charge in [0, 0.05) is 35.6 Å². The number of anilines is 4. The summed E-state index contributed by atoms with van der Waals surface area (Å²) in [7, 11) is 0. The summed E-state index contributed by atoms with van der Waals surface area (Å²) in [5, 5.41) is 8.84. The lowest BCUT2D eigenvalue weighted by Gasteiger charge is -2.10. The highest BCUT2D eigenvalue weighted by atomic mass is 16.2. The lowest BCUT2D eigenvalue weighted by molar-refractivity contribution is -0.119. The fourth-order valence-electron chi connectivity index (χ4n) is 1.93. The standard InChI is InChI=1S/C18H21N3O2/c1-12(2)18(23)21-17-10-8-16(9-11-17)20-15-6-4-14(5-7-15)19-13(3)22/h4-12,20H,1-3H3,(H,19,22)(H,21,23). The Hall–Kier alpha value is -2.82. The Bertz CT molecular complexity index is 676. The van der Waals surface area contributed by atoms with Gasteiger partial charge in [-0.25, -0.2) is 0 Å². The molecule has 0 fully saturated rings. The zero-order chi connectivity index (χ0) is 16.8. The molecule has 0 unspecified atom stereocenters. The van der Waals surface area contributed by atoms with E-state index in [2.05, 4.69) is 16.0 Å². The van der Waals surface area contributed by atoms with Crippen LogP contribution in [0.25, 0.3) is 0 Å². The van der Waals surface area contributed by atoms with Crippen LogP contribution < -0.4 is 16.0 Å². The molecule has 2 aromatic rings. The van der Waals surface area contributed by atoms with E-state index in [0.29, 0.717) is 0 Å². The molecule has 0 aliphatic carbocycles. The van der Waals surface area contributed by atoms with Crippen molar-refractivity contribution in [3.63, 3.8) is 0 Å². The Morgan fingerprint density at radius 1 is 0.739 bits per heavy atom. The highest BCUT2D eigenvalue weighted by Gasteiger charge is 2.06. The molecule has 0 aliphatic heterocycles. The van der Waals surface area contributed by atoms with Crippen molar-refractivity contribution in [3.8, 4) is 0 Å². The summed E-state index contributed by atoms with van der Waals surface area (Å²) < 4.78 is 0. The monoisotopic (exact) mass is 311 g/mol. The van der Waals surface area contributed by atoms with E-state index >= 15 is 0 Å². The molecule has 0 heterocycles. The molecule has 0 aromatic heterocycles. The van der Waals surface area contributed by atoms with Crippen molar-refractivity contribution in [1.29, 1.82) is 0 Å². The summed E-state index contributed by atoms with van der Waals surface area (Å²) in [6, 6.07) is 15.0. The van der Waals surface area contributed by atoms with Gasteiger partial charge in [-0.05, 0) is 48.5 Å². The van der Waals surface area contributed by atoms with E-state index in [1.807, 2.05) is 62.4 Å². The van der Waals surface area contributed by atoms with Gasteiger partial charge >= 0.3 is 0 Å². The predicted molar refractivity (Wildman–Crippen MR) is 93.9 cm³/mol. The normalized spacial score (nSPS) is 10.3. The third-order valence-corrected chi connectivity index (χ3v) is 3.17. The maximum atomic E-state index is 11.6. The number of benzene rings is 2. The minimum absolute atomic E-state index is 0.000677. The topological polar surface area (TPSA) is 70.2 Å². The van der Waals surface area contributed by atoms with Crippen molar-refractivity contribution < 1.29 is 9.59 Å². The molecule has 0 spiro atoms. The molecule has 2 aromatic carbocycles. The van der Waals surface area contributed by atoms with Crippen LogP contribution in [0, 0.1) is 5.92 Å². The van der Waals surface area contributed by atoms with Gasteiger partial charge in [-0.1, -0.05) is 13.8 Å². The zero-order valence-electron chi connectivity index (χ0n) is 13.5. The van der Waals surface area contributed by atoms with Gasteiger partial charge in [0.15, 0.2) is 0 Å². The molecule has 2 amide bonds. The second kappa shape index (κ2) is 7.45. The van der Waals surface area contributed by atoms with Crippen LogP contribution in [0.2, 0.25) is 0 Å². The average molecular weight is 311 g/mol. The maximum Gasteiger partial charge on any atom is 0.226 e. The SMILES string of the molecule is CC(=O)Nc1ccc(Nc2ccc(NC(=O)C(C)C)cc2)cc1. The number of hydrogen-bond acceptors (Lipinski definition) is 3. The lowest BCUT2D eigenvalue weighted by Crippen LogP contribution is -2.17. The second-order valence-electron chi connectivity index (χ2n) is 5.60. The van der Waals surface area contributed by atoms with Crippen molar-refractivity contribution in [3.05, 3.63) is 48.5 Å². The highest BCUT2D eigenvalue weighted by Crippen LogP contribution is 2.21. The van der Waals surface area contributed by atoms with Gasteiger partial charge in [0.2, 0.25) is 11.8 Å². The van der Waals surface area contributed by atoms with Crippen molar-refractivity contribution >= 4 is 34.6 Å². The molecule has 0 aliphatic rings. The second-order valence-corrected chi connectivity index (χ2v) is 5.60. The third-order valence-electron chi connectivity index (χ3n) is 3.17. The van der Waals surface area contributed by atoms with E-state index in [4.69, 9.17) is 0 Å². The molecule has 0 radical (unpaired) electrons. The molecule has 0 bridgehead atoms. The number of carbonyl (C=O) groups is 2. The van der Waals surface area contributed by atoms with Gasteiger partial charge < -0.3 is 16.0 Å². The van der Waals surface area contributed by atoms with Crippen molar-refractivity contribution in [2.24, 2.45) is 5.92 Å². The molecule has 0 saturated carbocycles. The zero-order valence-corrected chi connectivity index (χ0v) is 13.5. The maximum absolute atomic E-state index is 11.6. The molecule has 0 atom stereocenters. The van der Waals surface area contributed by atoms with E-state index in [1.54, 1.807) is 0 Å². The van der Waals surface area contributed by atoms with Gasteiger partial charge in [0.05, 0.1) is 0 Å². The lowest BCUT2D eigenvalue weighted by atomic mass is 10.2. The number of amides is 2. The van der Waals surface area contributed by atoms with Crippen LogP contribution in [-0.4, -0.2) is 11.8 Å². The minimum Gasteiger partial charge on any atom is -0.356 e. The Kier molecular flexibility index (Phi) is 5.36. The quantitative estimate of drug-likeness (QED) is 0.782. The predicted octanol–water partition coefficient (Wildman–Crippen LogP) is 3.98.